The zero-order valence-corrected chi connectivity index (χ0v) is 43.9. The number of carbonyl (C=O) groups is 4. The summed E-state index contributed by atoms with van der Waals surface area (Å²) in [6.07, 6.45) is 48.4. The summed E-state index contributed by atoms with van der Waals surface area (Å²) in [4.78, 5) is 50.9. The van der Waals surface area contributed by atoms with Crippen LogP contribution in [-0.2, 0) is 42.9 Å². The van der Waals surface area contributed by atoms with Gasteiger partial charge < -0.3 is 39.0 Å². The van der Waals surface area contributed by atoms with Gasteiger partial charge in [-0.25, -0.2) is 4.79 Å². The van der Waals surface area contributed by atoms with E-state index in [0.717, 1.165) is 77.0 Å². The molecule has 71 heavy (non-hydrogen) atoms. The maximum absolute atomic E-state index is 13.1. The van der Waals surface area contributed by atoms with Gasteiger partial charge in [0.05, 0.1) is 6.61 Å². The molecule has 0 aromatic carbocycles. The van der Waals surface area contributed by atoms with Crippen LogP contribution >= 0.6 is 0 Å². The predicted molar refractivity (Wildman–Crippen MR) is 284 cm³/mol. The van der Waals surface area contributed by atoms with Crippen LogP contribution < -0.4 is 0 Å². The molecule has 1 heterocycles. The number of hydrogen-bond donors (Lipinski definition) is 3. The lowest BCUT2D eigenvalue weighted by Crippen LogP contribution is -2.61. The van der Waals surface area contributed by atoms with E-state index in [-0.39, 0.29) is 25.9 Å². The molecule has 1 fully saturated rings. The minimum Gasteiger partial charge on any atom is -0.479 e. The van der Waals surface area contributed by atoms with Crippen molar-refractivity contribution in [2.45, 2.75) is 237 Å². The molecule has 1 rings (SSSR count). The molecule has 3 N–H and O–H groups in total. The first-order valence-corrected chi connectivity index (χ1v) is 27.2. The molecule has 0 aromatic heterocycles. The molecule has 1 saturated heterocycles. The molecule has 0 amide bonds. The second-order valence-corrected chi connectivity index (χ2v) is 18.1. The van der Waals surface area contributed by atoms with Gasteiger partial charge in [0, 0.05) is 19.3 Å². The summed E-state index contributed by atoms with van der Waals surface area (Å²) in [6, 6.07) is 0. The van der Waals surface area contributed by atoms with Gasteiger partial charge in [-0.2, -0.15) is 0 Å². The third kappa shape index (κ3) is 37.1. The Kier molecular flexibility index (Phi) is 42.5. The van der Waals surface area contributed by atoms with Gasteiger partial charge in [-0.3, -0.25) is 14.4 Å². The van der Waals surface area contributed by atoms with Gasteiger partial charge in [-0.1, -0.05) is 195 Å². The summed E-state index contributed by atoms with van der Waals surface area (Å²) in [5.74, 6) is -3.29. The van der Waals surface area contributed by atoms with Gasteiger partial charge in [0.2, 0.25) is 0 Å². The number of unbranched alkanes of at least 4 members (excludes halogenated alkanes) is 14. The Morgan fingerprint density at radius 2 is 0.915 bits per heavy atom. The Balaban J connectivity index is 2.79. The molecular weight excluding hydrogens is 901 g/mol. The summed E-state index contributed by atoms with van der Waals surface area (Å²) >= 11 is 0. The number of carbonyl (C=O) groups excluding carboxylic acids is 3. The largest absolute Gasteiger partial charge is 0.479 e. The van der Waals surface area contributed by atoms with Crippen LogP contribution in [0.3, 0.4) is 0 Å². The van der Waals surface area contributed by atoms with E-state index in [4.69, 9.17) is 23.7 Å². The Labute approximate surface area is 428 Å². The molecule has 12 nitrogen and oxygen atoms in total. The monoisotopic (exact) mass is 995 g/mol. The SMILES string of the molecule is CC/C=C\C/C=C\C/C=C\C/C=C\CCCCC(=O)OC1C(OCC(COC(=O)CC/C=C\C/C=C\C/C=C\C/C=C\CC)OC(=O)CCCCCCCCCCCCCCC)OC(C(=O)O)C(O)C1O. The minimum absolute atomic E-state index is 0.00177. The zero-order valence-electron chi connectivity index (χ0n) is 43.9. The van der Waals surface area contributed by atoms with Gasteiger partial charge in [-0.15, -0.1) is 0 Å². The van der Waals surface area contributed by atoms with Crippen molar-refractivity contribution in [3.8, 4) is 0 Å². The highest BCUT2D eigenvalue weighted by molar-refractivity contribution is 5.74. The molecule has 0 radical (unpaired) electrons. The highest BCUT2D eigenvalue weighted by Gasteiger charge is 2.50. The van der Waals surface area contributed by atoms with Crippen LogP contribution in [-0.4, -0.2) is 89.2 Å². The Morgan fingerprint density at radius 3 is 1.41 bits per heavy atom. The maximum Gasteiger partial charge on any atom is 0.335 e. The molecule has 0 spiro atoms. The van der Waals surface area contributed by atoms with Gasteiger partial charge in [-0.05, 0) is 83.5 Å². The highest BCUT2D eigenvalue weighted by Crippen LogP contribution is 2.26. The Morgan fingerprint density at radius 1 is 0.479 bits per heavy atom. The van der Waals surface area contributed by atoms with Crippen LogP contribution in [0.15, 0.2) is 97.2 Å². The highest BCUT2D eigenvalue weighted by atomic mass is 16.7. The van der Waals surface area contributed by atoms with Crippen molar-refractivity contribution >= 4 is 23.9 Å². The third-order valence-corrected chi connectivity index (χ3v) is 11.7. The summed E-state index contributed by atoms with van der Waals surface area (Å²) in [6.45, 7) is 5.65. The second kappa shape index (κ2) is 46.7. The lowest BCUT2D eigenvalue weighted by molar-refractivity contribution is -0.301. The molecule has 1 aliphatic rings. The van der Waals surface area contributed by atoms with E-state index in [1.807, 2.05) is 12.2 Å². The fourth-order valence-corrected chi connectivity index (χ4v) is 7.55. The van der Waals surface area contributed by atoms with Crippen molar-refractivity contribution in [2.24, 2.45) is 0 Å². The average Bonchev–Trinajstić information content (AvgIpc) is 3.35. The van der Waals surface area contributed by atoms with Crippen molar-refractivity contribution in [3.63, 3.8) is 0 Å². The van der Waals surface area contributed by atoms with Crippen molar-refractivity contribution in [3.05, 3.63) is 97.2 Å². The molecular formula is C59H94O12. The summed E-state index contributed by atoms with van der Waals surface area (Å²) in [5.41, 5.74) is 0. The molecule has 12 heteroatoms. The second-order valence-electron chi connectivity index (χ2n) is 18.1. The number of ether oxygens (including phenoxy) is 5. The van der Waals surface area contributed by atoms with E-state index in [2.05, 4.69) is 106 Å². The van der Waals surface area contributed by atoms with Crippen molar-refractivity contribution < 1.29 is 58.2 Å². The van der Waals surface area contributed by atoms with Gasteiger partial charge in [0.15, 0.2) is 24.6 Å². The summed E-state index contributed by atoms with van der Waals surface area (Å²) in [5, 5.41) is 31.4. The lowest BCUT2D eigenvalue weighted by atomic mass is 9.98. The number of aliphatic carboxylic acids is 1. The summed E-state index contributed by atoms with van der Waals surface area (Å²) in [7, 11) is 0. The van der Waals surface area contributed by atoms with Crippen molar-refractivity contribution in [2.75, 3.05) is 13.2 Å². The normalized spacial score (nSPS) is 19.3. The van der Waals surface area contributed by atoms with Crippen LogP contribution in [0.2, 0.25) is 0 Å². The van der Waals surface area contributed by atoms with Crippen LogP contribution in [0.5, 0.6) is 0 Å². The molecule has 1 aliphatic heterocycles. The third-order valence-electron chi connectivity index (χ3n) is 11.7. The van der Waals surface area contributed by atoms with Crippen LogP contribution in [0.1, 0.15) is 201 Å². The first kappa shape index (κ1) is 64.7. The molecule has 0 saturated carbocycles. The van der Waals surface area contributed by atoms with E-state index in [0.29, 0.717) is 25.7 Å². The van der Waals surface area contributed by atoms with Crippen LogP contribution in [0.4, 0.5) is 0 Å². The average molecular weight is 995 g/mol. The minimum atomic E-state index is -1.93. The van der Waals surface area contributed by atoms with E-state index in [9.17, 15) is 34.5 Å². The van der Waals surface area contributed by atoms with Crippen LogP contribution in [0.25, 0.3) is 0 Å². The summed E-state index contributed by atoms with van der Waals surface area (Å²) < 4.78 is 28.2. The predicted octanol–water partition coefficient (Wildman–Crippen LogP) is 13.3. The maximum atomic E-state index is 13.1. The molecule has 6 atom stereocenters. The Hall–Kier alpha value is -4.36. The van der Waals surface area contributed by atoms with E-state index < -0.39 is 67.3 Å². The van der Waals surface area contributed by atoms with E-state index in [1.165, 1.54) is 57.8 Å². The van der Waals surface area contributed by atoms with Gasteiger partial charge in [0.25, 0.3) is 0 Å². The molecule has 402 valence electrons. The number of carboxylic acids is 1. The molecule has 6 unspecified atom stereocenters. The number of rotatable bonds is 44. The first-order valence-electron chi connectivity index (χ1n) is 27.2. The molecule has 0 aliphatic carbocycles. The van der Waals surface area contributed by atoms with Gasteiger partial charge >= 0.3 is 23.9 Å². The van der Waals surface area contributed by atoms with Crippen LogP contribution in [0, 0.1) is 0 Å². The zero-order chi connectivity index (χ0) is 51.8. The number of esters is 3. The number of hydrogen-bond acceptors (Lipinski definition) is 11. The lowest BCUT2D eigenvalue weighted by Gasteiger charge is -2.40. The fraction of sp³-hybridized carbons (Fsp3) is 0.661. The topological polar surface area (TPSA) is 175 Å². The fourth-order valence-electron chi connectivity index (χ4n) is 7.55. The number of aliphatic hydroxyl groups is 2. The quantitative estimate of drug-likeness (QED) is 0.0228. The van der Waals surface area contributed by atoms with Gasteiger partial charge in [0.1, 0.15) is 18.8 Å². The van der Waals surface area contributed by atoms with E-state index >= 15 is 0 Å². The number of aliphatic hydroxyl groups excluding tert-OH is 2. The van der Waals surface area contributed by atoms with Crippen molar-refractivity contribution in [1.29, 1.82) is 0 Å². The number of allylic oxidation sites excluding steroid dienone is 16. The van der Waals surface area contributed by atoms with Crippen molar-refractivity contribution in [1.82, 2.24) is 0 Å². The van der Waals surface area contributed by atoms with E-state index in [1.54, 1.807) is 0 Å². The molecule has 0 aromatic rings. The Bertz CT molecular complexity index is 1610. The standard InChI is InChI=1S/C59H94O12/c1-4-7-10-13-16-19-22-25-26-29-32-35-38-41-44-47-53(62)70-57-55(64)54(63)56(58(65)66)71-59(57)68-49-50(69-52(61)46-43-40-37-34-31-28-24-21-18-15-12-9-6-3)48-67-51(60)45-42-39-36-33-30-27-23-20-17-14-11-8-5-2/h7-8,10-11,16-17,19-20,25-27,30,32,35-36,39,50,54-57,59,63-64H,4-6,9,12-15,18,21-24,28-29,31,33-34,37-38,40-49H2,1-3H3,(H,65,66)/b10-7-,11-8-,19-16-,20-17-,26-25-,30-27-,35-32-,39-36-. The first-order chi connectivity index (χ1) is 34.6. The smallest absolute Gasteiger partial charge is 0.335 e. The molecule has 0 bridgehead atoms. The number of carboxylic acid groups (broad SMARTS) is 1.